The average Bonchev–Trinajstić information content (AvgIpc) is 2.19. The second-order valence-electron chi connectivity index (χ2n) is 2.99. The van der Waals surface area contributed by atoms with Gasteiger partial charge in [-0.1, -0.05) is 33.6 Å². The number of benzene rings is 1. The van der Waals surface area contributed by atoms with Crippen LogP contribution in [0, 0.1) is 0 Å². The number of sulfonamides is 1. The van der Waals surface area contributed by atoms with Crippen LogP contribution in [0.5, 0.6) is 0 Å². The minimum Gasteiger partial charge on any atom is -0.281 e. The van der Waals surface area contributed by atoms with E-state index in [1.165, 1.54) is 6.07 Å². The molecule has 0 spiro atoms. The molecule has 0 amide bonds. The fourth-order valence-corrected chi connectivity index (χ4v) is 2.25. The summed E-state index contributed by atoms with van der Waals surface area (Å²) in [5, 5.41) is -0.315. The first-order valence-electron chi connectivity index (χ1n) is 4.09. The highest BCUT2D eigenvalue weighted by Crippen LogP contribution is 2.38. The molecule has 0 aliphatic heterocycles. The van der Waals surface area contributed by atoms with Crippen molar-refractivity contribution in [1.29, 1.82) is 0 Å². The van der Waals surface area contributed by atoms with Crippen molar-refractivity contribution in [2.75, 3.05) is 9.38 Å². The zero-order valence-electron chi connectivity index (χ0n) is 8.05. The molecule has 0 aliphatic rings. The Bertz CT molecular complexity index is 518. The summed E-state index contributed by atoms with van der Waals surface area (Å²) in [4.78, 5) is 0. The fraction of sp³-hybridized carbons (Fsp3) is 0.250. The topological polar surface area (TPSA) is 46.2 Å². The van der Waals surface area contributed by atoms with E-state index < -0.39 is 32.1 Å². The van der Waals surface area contributed by atoms with Gasteiger partial charge < -0.3 is 0 Å². The normalized spacial score (nSPS) is 12.5. The largest absolute Gasteiger partial charge is 0.418 e. The molecule has 0 saturated carbocycles. The Labute approximate surface area is 109 Å². The third-order valence-electron chi connectivity index (χ3n) is 1.72. The number of nitrogens with one attached hydrogen (secondary N) is 1. The van der Waals surface area contributed by atoms with Crippen LogP contribution in [0.25, 0.3) is 0 Å². The van der Waals surface area contributed by atoms with Crippen LogP contribution in [-0.4, -0.2) is 13.1 Å². The zero-order chi connectivity index (χ0) is 13.3. The van der Waals surface area contributed by atoms with Gasteiger partial charge in [0.15, 0.2) is 0 Å². The lowest BCUT2D eigenvalue weighted by Crippen LogP contribution is -2.17. The number of rotatable bonds is 3. The molecule has 3 nitrogen and oxygen atoms in total. The van der Waals surface area contributed by atoms with E-state index in [4.69, 9.17) is 11.6 Å². The highest BCUT2D eigenvalue weighted by Gasteiger charge is 2.35. The number of hydrogen-bond acceptors (Lipinski definition) is 2. The van der Waals surface area contributed by atoms with Gasteiger partial charge in [-0.05, 0) is 12.1 Å². The van der Waals surface area contributed by atoms with Gasteiger partial charge in [0.25, 0.3) is 0 Å². The van der Waals surface area contributed by atoms with E-state index in [0.717, 1.165) is 12.1 Å². The van der Waals surface area contributed by atoms with Gasteiger partial charge in [-0.2, -0.15) is 13.2 Å². The summed E-state index contributed by atoms with van der Waals surface area (Å²) in [6.07, 6.45) is -4.69. The van der Waals surface area contributed by atoms with E-state index in [9.17, 15) is 21.6 Å². The van der Waals surface area contributed by atoms with Gasteiger partial charge in [-0.3, -0.25) is 4.72 Å². The SMILES string of the molecule is O=S(=O)(CBr)Nc1c(Cl)cccc1C(F)(F)F. The molecule has 0 heterocycles. The number of halogens is 5. The highest BCUT2D eigenvalue weighted by atomic mass is 79.9. The Morgan fingerprint density at radius 3 is 2.41 bits per heavy atom. The molecule has 0 fully saturated rings. The van der Waals surface area contributed by atoms with Crippen molar-refractivity contribution in [3.8, 4) is 0 Å². The Kier molecular flexibility index (Phi) is 4.32. The minimum atomic E-state index is -4.69. The van der Waals surface area contributed by atoms with Crippen molar-refractivity contribution in [3.05, 3.63) is 28.8 Å². The molecule has 0 aliphatic carbocycles. The Morgan fingerprint density at radius 2 is 1.94 bits per heavy atom. The minimum absolute atomic E-state index is 0.315. The van der Waals surface area contributed by atoms with E-state index in [0.29, 0.717) is 0 Å². The zero-order valence-corrected chi connectivity index (χ0v) is 11.2. The summed E-state index contributed by atoms with van der Waals surface area (Å²) >= 11 is 8.21. The van der Waals surface area contributed by atoms with Crippen LogP contribution in [0.2, 0.25) is 5.02 Å². The second-order valence-corrected chi connectivity index (χ2v) is 6.42. The third-order valence-corrected chi connectivity index (χ3v) is 4.65. The Morgan fingerprint density at radius 1 is 1.35 bits per heavy atom. The Balaban J connectivity index is 3.32. The maximum Gasteiger partial charge on any atom is 0.418 e. The van der Waals surface area contributed by atoms with E-state index in [2.05, 4.69) is 15.9 Å². The molecule has 1 N–H and O–H groups in total. The summed E-state index contributed by atoms with van der Waals surface area (Å²) in [7, 11) is -3.90. The molecule has 0 radical (unpaired) electrons. The molecular formula is C8H6BrClF3NO2S. The fourth-order valence-electron chi connectivity index (χ4n) is 1.05. The number of anilines is 1. The molecular weight excluding hydrogens is 347 g/mol. The molecule has 1 aromatic rings. The predicted octanol–water partition coefficient (Wildman–Crippen LogP) is 3.45. The molecule has 0 unspecified atom stereocenters. The van der Waals surface area contributed by atoms with Crippen LogP contribution in [0.15, 0.2) is 18.2 Å². The predicted molar refractivity (Wildman–Crippen MR) is 62.8 cm³/mol. The van der Waals surface area contributed by atoms with Crippen molar-refractivity contribution in [2.24, 2.45) is 0 Å². The molecule has 0 aromatic heterocycles. The first kappa shape index (κ1) is 14.6. The number of alkyl halides is 4. The van der Waals surface area contributed by atoms with Crippen LogP contribution in [-0.2, 0) is 16.2 Å². The molecule has 0 bridgehead atoms. The summed E-state index contributed by atoms with van der Waals surface area (Å²) in [5.41, 5.74) is -1.80. The van der Waals surface area contributed by atoms with Gasteiger partial charge in [0.05, 0.1) is 16.3 Å². The molecule has 1 rings (SSSR count). The lowest BCUT2D eigenvalue weighted by Gasteiger charge is -2.15. The smallest absolute Gasteiger partial charge is 0.281 e. The van der Waals surface area contributed by atoms with Gasteiger partial charge >= 0.3 is 6.18 Å². The van der Waals surface area contributed by atoms with Gasteiger partial charge in [-0.15, -0.1) is 0 Å². The van der Waals surface area contributed by atoms with Crippen LogP contribution >= 0.6 is 27.5 Å². The highest BCUT2D eigenvalue weighted by molar-refractivity contribution is 9.10. The number of para-hydroxylation sites is 1. The maximum absolute atomic E-state index is 12.6. The lowest BCUT2D eigenvalue weighted by atomic mass is 10.2. The summed E-state index contributed by atoms with van der Waals surface area (Å²) < 4.78 is 61.5. The van der Waals surface area contributed by atoms with E-state index >= 15 is 0 Å². The monoisotopic (exact) mass is 351 g/mol. The molecule has 1 aromatic carbocycles. The number of hydrogen-bond donors (Lipinski definition) is 1. The molecule has 0 atom stereocenters. The maximum atomic E-state index is 12.6. The van der Waals surface area contributed by atoms with Crippen molar-refractivity contribution < 1.29 is 21.6 Å². The average molecular weight is 353 g/mol. The van der Waals surface area contributed by atoms with Crippen LogP contribution in [0.1, 0.15) is 5.56 Å². The summed E-state index contributed by atoms with van der Waals surface area (Å²) in [6.45, 7) is 0. The van der Waals surface area contributed by atoms with Crippen molar-refractivity contribution in [1.82, 2.24) is 0 Å². The van der Waals surface area contributed by atoms with Crippen LogP contribution < -0.4 is 4.72 Å². The molecule has 17 heavy (non-hydrogen) atoms. The van der Waals surface area contributed by atoms with E-state index in [1.54, 1.807) is 4.72 Å². The molecule has 0 saturated heterocycles. The van der Waals surface area contributed by atoms with E-state index in [-0.39, 0.29) is 5.02 Å². The standard InChI is InChI=1S/C8H6BrClF3NO2S/c9-4-17(15,16)14-7-5(8(11,12)13)2-1-3-6(7)10/h1-3,14H,4H2. The molecule has 9 heteroatoms. The van der Waals surface area contributed by atoms with Gasteiger partial charge in [0, 0.05) is 0 Å². The first-order chi connectivity index (χ1) is 7.67. The third kappa shape index (κ3) is 3.75. The van der Waals surface area contributed by atoms with Gasteiger partial charge in [-0.25, -0.2) is 8.42 Å². The quantitative estimate of drug-likeness (QED) is 0.847. The van der Waals surface area contributed by atoms with Crippen molar-refractivity contribution in [2.45, 2.75) is 6.18 Å². The van der Waals surface area contributed by atoms with Gasteiger partial charge in [0.2, 0.25) is 10.0 Å². The molecule has 96 valence electrons. The summed E-state index contributed by atoms with van der Waals surface area (Å²) in [6, 6.07) is 3.01. The Hall–Kier alpha value is -0.470. The lowest BCUT2D eigenvalue weighted by molar-refractivity contribution is -0.136. The van der Waals surface area contributed by atoms with Crippen LogP contribution in [0.3, 0.4) is 0 Å². The van der Waals surface area contributed by atoms with Crippen LogP contribution in [0.4, 0.5) is 18.9 Å². The summed E-state index contributed by atoms with van der Waals surface area (Å²) in [5.74, 6) is 0. The first-order valence-corrected chi connectivity index (χ1v) is 7.25. The van der Waals surface area contributed by atoms with Crippen molar-refractivity contribution >= 4 is 43.2 Å². The van der Waals surface area contributed by atoms with Crippen molar-refractivity contribution in [3.63, 3.8) is 0 Å². The second kappa shape index (κ2) is 5.03. The van der Waals surface area contributed by atoms with Gasteiger partial charge in [0.1, 0.15) is 4.66 Å². The van der Waals surface area contributed by atoms with E-state index in [1.807, 2.05) is 0 Å².